The fraction of sp³-hybridized carbons (Fsp3) is 0.200. The standard InChI is InChI=1S/C20H18FN5O2S/c1-11-4-5-13(3)16(8-11)28-10-17(27)22-19-25-26-18(23-24-20(26)29-19)14-7-6-12(2)15(21)9-14/h4-9H,10H2,1-3H3,(H,22,25,27). The van der Waals surface area contributed by atoms with E-state index in [0.717, 1.165) is 11.1 Å². The first-order valence-corrected chi connectivity index (χ1v) is 9.71. The van der Waals surface area contributed by atoms with Crippen molar-refractivity contribution >= 4 is 27.3 Å². The molecule has 7 nitrogen and oxygen atoms in total. The molecule has 0 unspecified atom stereocenters. The topological polar surface area (TPSA) is 81.4 Å². The Bertz CT molecular complexity index is 1220. The minimum Gasteiger partial charge on any atom is -0.483 e. The number of ether oxygens (including phenoxy) is 1. The number of hydrogen-bond acceptors (Lipinski definition) is 6. The summed E-state index contributed by atoms with van der Waals surface area (Å²) in [6.45, 7) is 5.43. The normalized spacial score (nSPS) is 11.0. The predicted molar refractivity (Wildman–Crippen MR) is 109 cm³/mol. The second-order valence-electron chi connectivity index (χ2n) is 6.69. The summed E-state index contributed by atoms with van der Waals surface area (Å²) in [7, 11) is 0. The van der Waals surface area contributed by atoms with Crippen LogP contribution in [-0.4, -0.2) is 32.3 Å². The number of aromatic nitrogens is 4. The van der Waals surface area contributed by atoms with Crippen LogP contribution < -0.4 is 10.1 Å². The van der Waals surface area contributed by atoms with Crippen LogP contribution in [0.5, 0.6) is 5.75 Å². The number of benzene rings is 2. The fourth-order valence-electron chi connectivity index (χ4n) is 2.74. The summed E-state index contributed by atoms with van der Waals surface area (Å²) in [4.78, 5) is 12.7. The third-order valence-electron chi connectivity index (χ3n) is 4.37. The minimum atomic E-state index is -0.334. The van der Waals surface area contributed by atoms with Gasteiger partial charge in [0.25, 0.3) is 5.91 Å². The van der Waals surface area contributed by atoms with Gasteiger partial charge < -0.3 is 4.74 Å². The van der Waals surface area contributed by atoms with Gasteiger partial charge in [-0.3, -0.25) is 10.1 Å². The third kappa shape index (κ3) is 3.95. The first-order chi connectivity index (χ1) is 13.9. The molecule has 0 aliphatic carbocycles. The highest BCUT2D eigenvalue weighted by atomic mass is 32.1. The number of hydrogen-bond donors (Lipinski definition) is 1. The van der Waals surface area contributed by atoms with Crippen LogP contribution in [0.3, 0.4) is 0 Å². The lowest BCUT2D eigenvalue weighted by atomic mass is 10.1. The van der Waals surface area contributed by atoms with Crippen LogP contribution in [0, 0.1) is 26.6 Å². The lowest BCUT2D eigenvalue weighted by molar-refractivity contribution is -0.118. The summed E-state index contributed by atoms with van der Waals surface area (Å²) in [5, 5.41) is 15.5. The van der Waals surface area contributed by atoms with Crippen molar-refractivity contribution in [2.24, 2.45) is 0 Å². The van der Waals surface area contributed by atoms with Crippen molar-refractivity contribution in [1.82, 2.24) is 19.8 Å². The second-order valence-corrected chi connectivity index (χ2v) is 7.65. The second kappa shape index (κ2) is 7.59. The first-order valence-electron chi connectivity index (χ1n) is 8.89. The van der Waals surface area contributed by atoms with Gasteiger partial charge >= 0.3 is 0 Å². The van der Waals surface area contributed by atoms with Crippen LogP contribution in [0.15, 0.2) is 36.4 Å². The van der Waals surface area contributed by atoms with E-state index < -0.39 is 0 Å². The highest BCUT2D eigenvalue weighted by Crippen LogP contribution is 2.25. The average Bonchev–Trinajstić information content (AvgIpc) is 3.25. The van der Waals surface area contributed by atoms with Gasteiger partial charge in [0, 0.05) is 5.56 Å². The van der Waals surface area contributed by atoms with E-state index in [2.05, 4.69) is 20.6 Å². The van der Waals surface area contributed by atoms with Crippen molar-refractivity contribution in [2.75, 3.05) is 11.9 Å². The number of carbonyl (C=O) groups is 1. The molecule has 2 heterocycles. The SMILES string of the molecule is Cc1ccc(C)c(OCC(=O)Nc2nn3c(-c4ccc(C)c(F)c4)nnc3s2)c1. The monoisotopic (exact) mass is 411 g/mol. The zero-order chi connectivity index (χ0) is 20.5. The lowest BCUT2D eigenvalue weighted by Crippen LogP contribution is -2.20. The number of fused-ring (bicyclic) bond motifs is 1. The van der Waals surface area contributed by atoms with Crippen molar-refractivity contribution < 1.29 is 13.9 Å². The molecule has 0 aliphatic heterocycles. The van der Waals surface area contributed by atoms with Gasteiger partial charge in [0.2, 0.25) is 10.1 Å². The zero-order valence-electron chi connectivity index (χ0n) is 16.1. The van der Waals surface area contributed by atoms with Crippen molar-refractivity contribution in [3.63, 3.8) is 0 Å². The number of rotatable bonds is 5. The molecule has 148 valence electrons. The molecule has 9 heteroatoms. The Balaban J connectivity index is 1.48. The molecule has 4 rings (SSSR count). The highest BCUT2D eigenvalue weighted by molar-refractivity contribution is 7.20. The Labute approximate surface area is 170 Å². The summed E-state index contributed by atoms with van der Waals surface area (Å²) >= 11 is 1.17. The van der Waals surface area contributed by atoms with Gasteiger partial charge in [-0.15, -0.1) is 15.3 Å². The quantitative estimate of drug-likeness (QED) is 0.538. The molecule has 0 atom stereocenters. The molecule has 2 aromatic heterocycles. The van der Waals surface area contributed by atoms with E-state index in [1.807, 2.05) is 32.0 Å². The molecule has 0 bridgehead atoms. The summed E-state index contributed by atoms with van der Waals surface area (Å²) in [6, 6.07) is 10.6. The molecular weight excluding hydrogens is 393 g/mol. The summed E-state index contributed by atoms with van der Waals surface area (Å²) in [6.07, 6.45) is 0. The molecule has 1 amide bonds. The molecule has 1 N–H and O–H groups in total. The van der Waals surface area contributed by atoms with E-state index in [4.69, 9.17) is 4.74 Å². The van der Waals surface area contributed by atoms with E-state index >= 15 is 0 Å². The molecule has 2 aromatic carbocycles. The summed E-state index contributed by atoms with van der Waals surface area (Å²) < 4.78 is 21.0. The van der Waals surface area contributed by atoms with Gasteiger partial charge in [0.1, 0.15) is 11.6 Å². The Morgan fingerprint density at radius 3 is 2.72 bits per heavy atom. The van der Waals surface area contributed by atoms with Crippen molar-refractivity contribution in [1.29, 1.82) is 0 Å². The molecule has 0 fully saturated rings. The van der Waals surface area contributed by atoms with E-state index in [1.165, 1.54) is 21.9 Å². The third-order valence-corrected chi connectivity index (χ3v) is 5.18. The van der Waals surface area contributed by atoms with Gasteiger partial charge in [-0.25, -0.2) is 4.39 Å². The molecule has 0 saturated carbocycles. The Kier molecular flexibility index (Phi) is 4.98. The number of nitrogens with zero attached hydrogens (tertiary/aromatic N) is 4. The molecule has 0 saturated heterocycles. The van der Waals surface area contributed by atoms with Crippen molar-refractivity contribution in [3.05, 3.63) is 58.9 Å². The van der Waals surface area contributed by atoms with Gasteiger partial charge in [-0.05, 0) is 49.6 Å². The maximum atomic E-state index is 13.9. The Morgan fingerprint density at radius 2 is 1.93 bits per heavy atom. The number of nitrogens with one attached hydrogen (secondary N) is 1. The molecule has 4 aromatic rings. The Hall–Kier alpha value is -3.33. The van der Waals surface area contributed by atoms with Crippen molar-refractivity contribution in [3.8, 4) is 17.1 Å². The maximum absolute atomic E-state index is 13.9. The van der Waals surface area contributed by atoms with E-state index in [-0.39, 0.29) is 18.3 Å². The van der Waals surface area contributed by atoms with E-state index in [1.54, 1.807) is 19.1 Å². The van der Waals surface area contributed by atoms with Crippen LogP contribution in [0.25, 0.3) is 16.3 Å². The molecule has 0 spiro atoms. The minimum absolute atomic E-state index is 0.138. The summed E-state index contributed by atoms with van der Waals surface area (Å²) in [5.41, 5.74) is 3.11. The number of carbonyl (C=O) groups excluding carboxylic acids is 1. The van der Waals surface area contributed by atoms with Crippen LogP contribution >= 0.6 is 11.3 Å². The number of halogens is 1. The molecule has 0 aliphatic rings. The average molecular weight is 411 g/mol. The van der Waals surface area contributed by atoms with Crippen LogP contribution in [-0.2, 0) is 4.79 Å². The highest BCUT2D eigenvalue weighted by Gasteiger charge is 2.16. The molecular formula is C20H18FN5O2S. The largest absolute Gasteiger partial charge is 0.483 e. The lowest BCUT2D eigenvalue weighted by Gasteiger charge is -2.09. The van der Waals surface area contributed by atoms with Gasteiger partial charge in [0.15, 0.2) is 12.4 Å². The van der Waals surface area contributed by atoms with Crippen LogP contribution in [0.4, 0.5) is 9.52 Å². The van der Waals surface area contributed by atoms with Crippen LogP contribution in [0.2, 0.25) is 0 Å². The zero-order valence-corrected chi connectivity index (χ0v) is 16.9. The first kappa shape index (κ1) is 19.0. The number of aryl methyl sites for hydroxylation is 3. The maximum Gasteiger partial charge on any atom is 0.264 e. The van der Waals surface area contributed by atoms with E-state index in [9.17, 15) is 9.18 Å². The predicted octanol–water partition coefficient (Wildman–Crippen LogP) is 3.93. The summed E-state index contributed by atoms with van der Waals surface area (Å²) in [5.74, 6) is 0.412. The number of anilines is 1. The number of amides is 1. The van der Waals surface area contributed by atoms with Crippen molar-refractivity contribution in [2.45, 2.75) is 20.8 Å². The van der Waals surface area contributed by atoms with Gasteiger partial charge in [-0.2, -0.15) is 4.52 Å². The van der Waals surface area contributed by atoms with E-state index in [0.29, 0.717) is 32.8 Å². The van der Waals surface area contributed by atoms with Crippen LogP contribution in [0.1, 0.15) is 16.7 Å². The van der Waals surface area contributed by atoms with Gasteiger partial charge in [-0.1, -0.05) is 35.6 Å². The fourth-order valence-corrected chi connectivity index (χ4v) is 3.50. The smallest absolute Gasteiger partial charge is 0.264 e. The molecule has 29 heavy (non-hydrogen) atoms. The molecule has 0 radical (unpaired) electrons. The Morgan fingerprint density at radius 1 is 1.14 bits per heavy atom. The van der Waals surface area contributed by atoms with Gasteiger partial charge in [0.05, 0.1) is 0 Å².